The molecule has 0 saturated carbocycles. The zero-order valence-corrected chi connectivity index (χ0v) is 14.9. The van der Waals surface area contributed by atoms with Crippen LogP contribution in [-0.2, 0) is 4.79 Å². The fourth-order valence-corrected chi connectivity index (χ4v) is 2.46. The lowest BCUT2D eigenvalue weighted by atomic mass is 10.2. The van der Waals surface area contributed by atoms with E-state index in [0.717, 1.165) is 6.08 Å². The molecule has 7 heteroatoms. The van der Waals surface area contributed by atoms with E-state index in [1.54, 1.807) is 24.3 Å². The molecule has 0 heterocycles. The highest BCUT2D eigenvalue weighted by Gasteiger charge is 2.11. The Morgan fingerprint density at radius 3 is 2.48 bits per heavy atom. The normalized spacial score (nSPS) is 10.7. The number of methoxy groups -OCH3 is 1. The smallest absolute Gasteiger partial charge is 0.328 e. The summed E-state index contributed by atoms with van der Waals surface area (Å²) in [7, 11) is 1.48. The van der Waals surface area contributed by atoms with E-state index in [2.05, 4.69) is 0 Å². The van der Waals surface area contributed by atoms with Crippen LogP contribution in [0.15, 0.2) is 42.5 Å². The predicted octanol–water partition coefficient (Wildman–Crippen LogP) is 4.56. The van der Waals surface area contributed by atoms with Crippen molar-refractivity contribution in [2.75, 3.05) is 20.3 Å². The number of carbonyl (C=O) groups is 1. The first-order valence-corrected chi connectivity index (χ1v) is 8.05. The highest BCUT2D eigenvalue weighted by atomic mass is 35.5. The van der Waals surface area contributed by atoms with Gasteiger partial charge in [-0.3, -0.25) is 0 Å². The van der Waals surface area contributed by atoms with E-state index in [-0.39, 0.29) is 13.2 Å². The van der Waals surface area contributed by atoms with Crippen LogP contribution in [0.4, 0.5) is 0 Å². The summed E-state index contributed by atoms with van der Waals surface area (Å²) in [5.74, 6) is 0.279. The third-order valence-electron chi connectivity index (χ3n) is 3.09. The largest absolute Gasteiger partial charge is 0.493 e. The van der Waals surface area contributed by atoms with Gasteiger partial charge >= 0.3 is 5.97 Å². The fraction of sp³-hybridized carbons (Fsp3) is 0.167. The first kappa shape index (κ1) is 19.0. The van der Waals surface area contributed by atoms with Crippen molar-refractivity contribution in [3.63, 3.8) is 0 Å². The first-order valence-electron chi connectivity index (χ1n) is 7.30. The van der Waals surface area contributed by atoms with Crippen molar-refractivity contribution >= 4 is 35.2 Å². The van der Waals surface area contributed by atoms with Gasteiger partial charge in [-0.25, -0.2) is 4.79 Å². The maximum Gasteiger partial charge on any atom is 0.328 e. The summed E-state index contributed by atoms with van der Waals surface area (Å²) in [5, 5.41) is 9.51. The number of ether oxygens (including phenoxy) is 3. The van der Waals surface area contributed by atoms with E-state index in [1.165, 1.54) is 13.2 Å². The Labute approximate surface area is 155 Å². The number of carboxylic acid groups (broad SMARTS) is 1. The average molecular weight is 383 g/mol. The van der Waals surface area contributed by atoms with Crippen molar-refractivity contribution < 1.29 is 24.1 Å². The molecule has 0 amide bonds. The molecule has 0 radical (unpaired) electrons. The molecule has 0 spiro atoms. The molecule has 0 fully saturated rings. The van der Waals surface area contributed by atoms with Crippen molar-refractivity contribution in [2.45, 2.75) is 0 Å². The fourth-order valence-electron chi connectivity index (χ4n) is 2.00. The minimum atomic E-state index is -1.05. The summed E-state index contributed by atoms with van der Waals surface area (Å²) in [6.07, 6.45) is 2.43. The van der Waals surface area contributed by atoms with Crippen LogP contribution in [0.25, 0.3) is 6.08 Å². The van der Waals surface area contributed by atoms with Gasteiger partial charge < -0.3 is 19.3 Å². The first-order chi connectivity index (χ1) is 12.0. The monoisotopic (exact) mass is 382 g/mol. The predicted molar refractivity (Wildman–Crippen MR) is 97.1 cm³/mol. The Bertz CT molecular complexity index is 774. The third-order valence-corrected chi connectivity index (χ3v) is 3.69. The van der Waals surface area contributed by atoms with Crippen LogP contribution in [0.3, 0.4) is 0 Å². The lowest BCUT2D eigenvalue weighted by Gasteiger charge is -2.14. The van der Waals surface area contributed by atoms with E-state index in [4.69, 9.17) is 42.5 Å². The van der Waals surface area contributed by atoms with Gasteiger partial charge in [0.2, 0.25) is 0 Å². The molecule has 0 atom stereocenters. The molecule has 132 valence electrons. The van der Waals surface area contributed by atoms with Crippen molar-refractivity contribution in [2.24, 2.45) is 0 Å². The van der Waals surface area contributed by atoms with Gasteiger partial charge in [0.05, 0.1) is 17.2 Å². The Balaban J connectivity index is 2.01. The minimum absolute atomic E-state index is 0.228. The van der Waals surface area contributed by atoms with Gasteiger partial charge in [0.15, 0.2) is 11.5 Å². The second kappa shape index (κ2) is 9.20. The van der Waals surface area contributed by atoms with Crippen molar-refractivity contribution in [1.29, 1.82) is 0 Å². The number of hydrogen-bond acceptors (Lipinski definition) is 4. The summed E-state index contributed by atoms with van der Waals surface area (Å²) >= 11 is 12.2. The number of rotatable bonds is 8. The van der Waals surface area contributed by atoms with Gasteiger partial charge in [-0.2, -0.15) is 0 Å². The molecule has 1 N–H and O–H groups in total. The maximum absolute atomic E-state index is 10.6. The number of hydrogen-bond donors (Lipinski definition) is 1. The standard InChI is InChI=1S/C18H16Cl2O5/c1-23-16-11-12(6-7-17(21)22)10-14(20)18(16)25-9-8-24-15-5-3-2-4-13(15)19/h2-7,10-11H,8-9H2,1H3,(H,21,22). The quantitative estimate of drug-likeness (QED) is 0.535. The van der Waals surface area contributed by atoms with Crippen molar-refractivity contribution in [3.8, 4) is 17.2 Å². The van der Waals surface area contributed by atoms with Gasteiger partial charge in [0.25, 0.3) is 0 Å². The van der Waals surface area contributed by atoms with E-state index < -0.39 is 5.97 Å². The number of halogens is 2. The molecule has 5 nitrogen and oxygen atoms in total. The molecule has 2 aromatic rings. The molecule has 0 aromatic heterocycles. The van der Waals surface area contributed by atoms with Gasteiger partial charge in [-0.05, 0) is 35.9 Å². The van der Waals surface area contributed by atoms with Gasteiger partial charge in [0.1, 0.15) is 19.0 Å². The van der Waals surface area contributed by atoms with Crippen LogP contribution in [0.2, 0.25) is 10.0 Å². The molecule has 0 saturated heterocycles. The number of benzene rings is 2. The van der Waals surface area contributed by atoms with Crippen LogP contribution in [0, 0.1) is 0 Å². The summed E-state index contributed by atoms with van der Waals surface area (Å²) in [6.45, 7) is 0.496. The van der Waals surface area contributed by atoms with Crippen LogP contribution in [0.5, 0.6) is 17.2 Å². The summed E-state index contributed by atoms with van der Waals surface area (Å²) in [4.78, 5) is 10.6. The SMILES string of the molecule is COc1cc(C=CC(=O)O)cc(Cl)c1OCCOc1ccccc1Cl. The topological polar surface area (TPSA) is 65.0 Å². The Hall–Kier alpha value is -2.37. The molecule has 0 unspecified atom stereocenters. The van der Waals surface area contributed by atoms with E-state index in [9.17, 15) is 4.79 Å². The molecular weight excluding hydrogens is 367 g/mol. The van der Waals surface area contributed by atoms with Crippen LogP contribution in [-0.4, -0.2) is 31.4 Å². The zero-order chi connectivity index (χ0) is 18.2. The van der Waals surface area contributed by atoms with Gasteiger partial charge in [-0.15, -0.1) is 0 Å². The third kappa shape index (κ3) is 5.59. The zero-order valence-electron chi connectivity index (χ0n) is 13.4. The Morgan fingerprint density at radius 2 is 1.80 bits per heavy atom. The Morgan fingerprint density at radius 1 is 1.08 bits per heavy atom. The van der Waals surface area contributed by atoms with Gasteiger partial charge in [0, 0.05) is 6.08 Å². The van der Waals surface area contributed by atoms with Crippen LogP contribution < -0.4 is 14.2 Å². The highest BCUT2D eigenvalue weighted by Crippen LogP contribution is 2.36. The molecule has 2 rings (SSSR count). The minimum Gasteiger partial charge on any atom is -0.493 e. The summed E-state index contributed by atoms with van der Waals surface area (Å²) in [6, 6.07) is 10.4. The Kier molecular flexibility index (Phi) is 6.98. The molecule has 0 bridgehead atoms. The molecule has 0 aliphatic carbocycles. The maximum atomic E-state index is 10.6. The van der Waals surface area contributed by atoms with E-state index >= 15 is 0 Å². The number of para-hydroxylation sites is 1. The number of carboxylic acids is 1. The number of aliphatic carboxylic acids is 1. The van der Waals surface area contributed by atoms with Gasteiger partial charge in [-0.1, -0.05) is 35.3 Å². The van der Waals surface area contributed by atoms with Crippen LogP contribution in [0.1, 0.15) is 5.56 Å². The average Bonchev–Trinajstić information content (AvgIpc) is 2.59. The molecule has 0 aliphatic heterocycles. The summed E-state index contributed by atoms with van der Waals surface area (Å²) in [5.41, 5.74) is 0.587. The van der Waals surface area contributed by atoms with Crippen LogP contribution >= 0.6 is 23.2 Å². The van der Waals surface area contributed by atoms with E-state index in [1.807, 2.05) is 12.1 Å². The van der Waals surface area contributed by atoms with Crippen molar-refractivity contribution in [1.82, 2.24) is 0 Å². The molecular formula is C18H16Cl2O5. The van der Waals surface area contributed by atoms with E-state index in [0.29, 0.717) is 32.9 Å². The lowest BCUT2D eigenvalue weighted by molar-refractivity contribution is -0.131. The second-order valence-corrected chi connectivity index (χ2v) is 5.65. The summed E-state index contributed by atoms with van der Waals surface area (Å²) < 4.78 is 16.4. The lowest BCUT2D eigenvalue weighted by Crippen LogP contribution is -2.10. The second-order valence-electron chi connectivity index (χ2n) is 4.83. The molecule has 25 heavy (non-hydrogen) atoms. The molecule has 2 aromatic carbocycles. The van der Waals surface area contributed by atoms with Crippen molar-refractivity contribution in [3.05, 3.63) is 58.1 Å². The highest BCUT2D eigenvalue weighted by molar-refractivity contribution is 6.32. The molecule has 0 aliphatic rings.